The van der Waals surface area contributed by atoms with Gasteiger partial charge in [0.25, 0.3) is 0 Å². The van der Waals surface area contributed by atoms with Gasteiger partial charge in [-0.05, 0) is 23.6 Å². The Hall–Kier alpha value is -3.02. The molecule has 2 aromatic carbocycles. The van der Waals surface area contributed by atoms with Gasteiger partial charge in [-0.2, -0.15) is 0 Å². The normalized spacial score (nSPS) is 16.0. The van der Waals surface area contributed by atoms with Crippen molar-refractivity contribution >= 4 is 12.1 Å². The van der Waals surface area contributed by atoms with E-state index < -0.39 is 18.1 Å². The van der Waals surface area contributed by atoms with Crippen LogP contribution >= 0.6 is 0 Å². The average molecular weight is 341 g/mol. The van der Waals surface area contributed by atoms with Gasteiger partial charge >= 0.3 is 12.1 Å². The van der Waals surface area contributed by atoms with Crippen molar-refractivity contribution in [3.8, 4) is 5.75 Å². The molecule has 0 aromatic heterocycles. The fraction of sp³-hybridized carbons (Fsp3) is 0.263. The number of rotatable bonds is 4. The molecule has 1 N–H and O–H groups in total. The summed E-state index contributed by atoms with van der Waals surface area (Å²) in [5.41, 5.74) is 2.24. The highest BCUT2D eigenvalue weighted by atomic mass is 16.6. The van der Waals surface area contributed by atoms with Crippen molar-refractivity contribution < 1.29 is 24.2 Å². The zero-order valence-corrected chi connectivity index (χ0v) is 13.8. The largest absolute Gasteiger partial charge is 0.496 e. The second-order valence-electron chi connectivity index (χ2n) is 5.75. The summed E-state index contributed by atoms with van der Waals surface area (Å²) in [6.45, 7) is 0.367. The van der Waals surface area contributed by atoms with E-state index in [4.69, 9.17) is 9.47 Å². The molecule has 2 aromatic rings. The number of carboxylic acid groups (broad SMARTS) is 1. The number of carbonyl (C=O) groups excluding carboxylic acids is 1. The molecule has 1 amide bonds. The van der Waals surface area contributed by atoms with Crippen molar-refractivity contribution in [3.63, 3.8) is 0 Å². The summed E-state index contributed by atoms with van der Waals surface area (Å²) in [7, 11) is 1.55. The first-order valence-electron chi connectivity index (χ1n) is 7.97. The quantitative estimate of drug-likeness (QED) is 0.925. The van der Waals surface area contributed by atoms with Gasteiger partial charge in [-0.3, -0.25) is 4.90 Å². The van der Waals surface area contributed by atoms with E-state index in [1.165, 1.54) is 4.90 Å². The van der Waals surface area contributed by atoms with Crippen LogP contribution in [-0.2, 0) is 22.6 Å². The molecule has 0 saturated carbocycles. The Morgan fingerprint density at radius 3 is 2.60 bits per heavy atom. The van der Waals surface area contributed by atoms with Crippen molar-refractivity contribution in [2.45, 2.75) is 19.1 Å². The number of benzene rings is 2. The van der Waals surface area contributed by atoms with Gasteiger partial charge in [-0.1, -0.05) is 42.5 Å². The lowest BCUT2D eigenvalue weighted by Gasteiger charge is -2.34. The number of carbonyl (C=O) groups is 2. The van der Waals surface area contributed by atoms with Gasteiger partial charge < -0.3 is 14.6 Å². The predicted molar refractivity (Wildman–Crippen MR) is 90.4 cm³/mol. The van der Waals surface area contributed by atoms with Gasteiger partial charge in [0.2, 0.25) is 0 Å². The fourth-order valence-electron chi connectivity index (χ4n) is 3.09. The minimum Gasteiger partial charge on any atom is -0.496 e. The summed E-state index contributed by atoms with van der Waals surface area (Å²) in [6, 6.07) is 13.4. The number of methoxy groups -OCH3 is 1. The Kier molecular flexibility index (Phi) is 4.88. The van der Waals surface area contributed by atoms with E-state index in [0.717, 1.165) is 11.1 Å². The molecule has 0 radical (unpaired) electrons. The Bertz CT molecular complexity index is 775. The maximum atomic E-state index is 12.5. The zero-order chi connectivity index (χ0) is 17.8. The maximum Gasteiger partial charge on any atom is 0.411 e. The highest BCUT2D eigenvalue weighted by molar-refractivity contribution is 5.83. The van der Waals surface area contributed by atoms with Crippen LogP contribution in [0.1, 0.15) is 22.7 Å². The second kappa shape index (κ2) is 7.25. The third kappa shape index (κ3) is 3.42. The second-order valence-corrected chi connectivity index (χ2v) is 5.75. The molecule has 0 aliphatic carbocycles. The highest BCUT2D eigenvalue weighted by Gasteiger charge is 2.37. The lowest BCUT2D eigenvalue weighted by atomic mass is 9.92. The van der Waals surface area contributed by atoms with E-state index in [9.17, 15) is 14.7 Å². The number of ether oxygens (including phenoxy) is 2. The maximum absolute atomic E-state index is 12.5. The Balaban J connectivity index is 1.81. The van der Waals surface area contributed by atoms with Crippen molar-refractivity contribution in [1.29, 1.82) is 0 Å². The van der Waals surface area contributed by atoms with E-state index in [2.05, 4.69) is 0 Å². The van der Waals surface area contributed by atoms with E-state index in [-0.39, 0.29) is 13.2 Å². The van der Waals surface area contributed by atoms with Gasteiger partial charge in [0.15, 0.2) is 6.04 Å². The molecular formula is C19H19NO5. The van der Waals surface area contributed by atoms with Gasteiger partial charge in [0, 0.05) is 12.1 Å². The summed E-state index contributed by atoms with van der Waals surface area (Å²) < 4.78 is 10.6. The number of carboxylic acids is 1. The minimum absolute atomic E-state index is 0.105. The average Bonchev–Trinajstić information content (AvgIpc) is 2.65. The van der Waals surface area contributed by atoms with Gasteiger partial charge in [-0.25, -0.2) is 9.59 Å². The molecule has 1 aliphatic heterocycles. The molecular weight excluding hydrogens is 322 g/mol. The number of aliphatic carboxylic acids is 1. The molecule has 3 rings (SSSR count). The van der Waals surface area contributed by atoms with Crippen LogP contribution in [0.25, 0.3) is 0 Å². The summed E-state index contributed by atoms with van der Waals surface area (Å²) >= 11 is 0. The third-order valence-corrected chi connectivity index (χ3v) is 4.27. The Morgan fingerprint density at radius 2 is 1.92 bits per heavy atom. The summed E-state index contributed by atoms with van der Waals surface area (Å²) in [4.78, 5) is 25.5. The number of nitrogens with zero attached hydrogens (tertiary/aromatic N) is 1. The molecule has 6 heteroatoms. The van der Waals surface area contributed by atoms with Crippen LogP contribution in [0.5, 0.6) is 5.75 Å². The van der Waals surface area contributed by atoms with Crippen molar-refractivity contribution in [1.82, 2.24) is 4.90 Å². The first kappa shape index (κ1) is 16.8. The van der Waals surface area contributed by atoms with E-state index in [1.807, 2.05) is 30.3 Å². The first-order chi connectivity index (χ1) is 12.1. The molecule has 1 atom stereocenters. The number of hydrogen-bond acceptors (Lipinski definition) is 4. The minimum atomic E-state index is -1.09. The molecule has 6 nitrogen and oxygen atoms in total. The van der Waals surface area contributed by atoms with E-state index in [0.29, 0.717) is 17.7 Å². The third-order valence-electron chi connectivity index (χ3n) is 4.27. The summed E-state index contributed by atoms with van der Waals surface area (Å²) in [5, 5.41) is 9.66. The van der Waals surface area contributed by atoms with Gasteiger partial charge in [0.1, 0.15) is 12.4 Å². The fourth-order valence-corrected chi connectivity index (χ4v) is 3.09. The first-order valence-corrected chi connectivity index (χ1v) is 7.97. The van der Waals surface area contributed by atoms with Crippen LogP contribution in [-0.4, -0.2) is 35.7 Å². The monoisotopic (exact) mass is 341 g/mol. The van der Waals surface area contributed by atoms with Crippen LogP contribution in [0.15, 0.2) is 48.5 Å². The molecule has 0 saturated heterocycles. The molecule has 1 aliphatic rings. The lowest BCUT2D eigenvalue weighted by Crippen LogP contribution is -2.43. The van der Waals surface area contributed by atoms with Crippen LogP contribution in [0.2, 0.25) is 0 Å². The zero-order valence-electron chi connectivity index (χ0n) is 13.8. The van der Waals surface area contributed by atoms with Crippen molar-refractivity contribution in [2.75, 3.05) is 13.7 Å². The predicted octanol–water partition coefficient (Wildman–Crippen LogP) is 3.02. The van der Waals surface area contributed by atoms with E-state index in [1.54, 1.807) is 25.3 Å². The SMILES string of the molecule is COc1cccc2c1CCN(C(=O)OCc1ccccc1)[C@@H]2C(=O)O. The number of amides is 1. The lowest BCUT2D eigenvalue weighted by molar-refractivity contribution is -0.143. The summed E-state index contributed by atoms with van der Waals surface area (Å²) in [6.07, 6.45) is -0.117. The molecule has 0 fully saturated rings. The van der Waals surface area contributed by atoms with Gasteiger partial charge in [-0.15, -0.1) is 0 Å². The van der Waals surface area contributed by atoms with Crippen LogP contribution in [0.3, 0.4) is 0 Å². The van der Waals surface area contributed by atoms with Crippen LogP contribution in [0, 0.1) is 0 Å². The van der Waals surface area contributed by atoms with Gasteiger partial charge in [0.05, 0.1) is 7.11 Å². The smallest absolute Gasteiger partial charge is 0.411 e. The Labute approximate surface area is 145 Å². The van der Waals surface area contributed by atoms with Crippen molar-refractivity contribution in [3.05, 3.63) is 65.2 Å². The van der Waals surface area contributed by atoms with E-state index >= 15 is 0 Å². The molecule has 0 unspecified atom stereocenters. The van der Waals surface area contributed by atoms with Crippen LogP contribution in [0.4, 0.5) is 4.79 Å². The Morgan fingerprint density at radius 1 is 1.16 bits per heavy atom. The topological polar surface area (TPSA) is 76.1 Å². The number of fused-ring (bicyclic) bond motifs is 1. The van der Waals surface area contributed by atoms with Crippen molar-refractivity contribution in [2.24, 2.45) is 0 Å². The standard InChI is InChI=1S/C19H19NO5/c1-24-16-9-5-8-15-14(16)10-11-20(17(15)18(21)22)19(23)25-12-13-6-3-2-4-7-13/h2-9,17H,10-12H2,1H3,(H,21,22)/t17-/m0/s1. The molecule has 1 heterocycles. The summed E-state index contributed by atoms with van der Waals surface area (Å²) in [5.74, 6) is -0.452. The number of hydrogen-bond donors (Lipinski definition) is 1. The van der Waals surface area contributed by atoms with Crippen LogP contribution < -0.4 is 4.74 Å². The molecule has 130 valence electrons. The molecule has 25 heavy (non-hydrogen) atoms. The molecule has 0 bridgehead atoms. The molecule has 0 spiro atoms. The highest BCUT2D eigenvalue weighted by Crippen LogP contribution is 2.35.